The molecule has 1 aromatic rings. The van der Waals surface area contributed by atoms with Crippen LogP contribution in [-0.2, 0) is 0 Å². The molecule has 0 radical (unpaired) electrons. The van der Waals surface area contributed by atoms with E-state index in [0.717, 1.165) is 16.9 Å². The highest BCUT2D eigenvalue weighted by atomic mass is 32.1. The summed E-state index contributed by atoms with van der Waals surface area (Å²) in [5.74, 6) is 0. The molecule has 1 fully saturated rings. The van der Waals surface area contributed by atoms with Gasteiger partial charge in [-0.1, -0.05) is 11.3 Å². The third kappa shape index (κ3) is 1.53. The molecule has 0 aromatic carbocycles. The van der Waals surface area contributed by atoms with E-state index in [2.05, 4.69) is 10.6 Å². The van der Waals surface area contributed by atoms with Gasteiger partial charge in [0.1, 0.15) is 0 Å². The summed E-state index contributed by atoms with van der Waals surface area (Å²) in [6.45, 7) is 0.479. The van der Waals surface area contributed by atoms with Crippen molar-refractivity contribution in [1.29, 1.82) is 0 Å². The summed E-state index contributed by atoms with van der Waals surface area (Å²) in [4.78, 5) is 20.8. The van der Waals surface area contributed by atoms with E-state index in [4.69, 9.17) is 0 Å². The minimum absolute atomic E-state index is 0.0983. The predicted molar refractivity (Wildman–Crippen MR) is 50.2 cm³/mol. The molecule has 2 rings (SSSR count). The van der Waals surface area contributed by atoms with E-state index in [1.165, 1.54) is 6.07 Å². The molecule has 1 aliphatic rings. The van der Waals surface area contributed by atoms with Crippen molar-refractivity contribution >= 4 is 22.4 Å². The number of carbonyl (C=O) groups is 1. The molecule has 74 valence electrons. The molecule has 2 N–H and O–H groups in total. The molecule has 14 heavy (non-hydrogen) atoms. The SMILES string of the molecule is O=C1NC[C@H](c2csc([N+](=O)[O-])c2)N1. The second-order valence-electron chi connectivity index (χ2n) is 2.88. The monoisotopic (exact) mass is 213 g/mol. The molecular formula is C7H7N3O3S. The maximum Gasteiger partial charge on any atom is 0.324 e. The number of amides is 2. The van der Waals surface area contributed by atoms with E-state index < -0.39 is 4.92 Å². The van der Waals surface area contributed by atoms with E-state index in [1.54, 1.807) is 5.38 Å². The molecule has 1 aliphatic heterocycles. The van der Waals surface area contributed by atoms with Crippen molar-refractivity contribution in [3.05, 3.63) is 27.1 Å². The van der Waals surface area contributed by atoms with E-state index in [0.29, 0.717) is 6.54 Å². The zero-order chi connectivity index (χ0) is 10.1. The van der Waals surface area contributed by atoms with Crippen LogP contribution in [0.4, 0.5) is 9.80 Å². The van der Waals surface area contributed by atoms with Crippen LogP contribution in [0.15, 0.2) is 11.4 Å². The standard InChI is InChI=1S/C7H7N3O3S/c11-7-8-2-5(9-7)4-1-6(10(12)13)14-3-4/h1,3,5H,2H2,(H2,8,9,11)/t5-/m1/s1. The molecule has 1 saturated heterocycles. The van der Waals surface area contributed by atoms with E-state index >= 15 is 0 Å². The number of rotatable bonds is 2. The van der Waals surface area contributed by atoms with Crippen molar-refractivity contribution in [2.45, 2.75) is 6.04 Å². The number of thiophene rings is 1. The van der Waals surface area contributed by atoms with Crippen LogP contribution in [0.1, 0.15) is 11.6 Å². The predicted octanol–water partition coefficient (Wildman–Crippen LogP) is 1.01. The van der Waals surface area contributed by atoms with Crippen LogP contribution < -0.4 is 10.6 Å². The molecule has 0 aliphatic carbocycles. The van der Waals surface area contributed by atoms with Crippen LogP contribution in [-0.4, -0.2) is 17.5 Å². The Hall–Kier alpha value is -1.63. The number of nitrogens with zero attached hydrogens (tertiary/aromatic N) is 1. The van der Waals surface area contributed by atoms with Crippen LogP contribution >= 0.6 is 11.3 Å². The lowest BCUT2D eigenvalue weighted by atomic mass is 10.2. The van der Waals surface area contributed by atoms with Gasteiger partial charge in [-0.15, -0.1) is 0 Å². The maximum absolute atomic E-state index is 10.8. The van der Waals surface area contributed by atoms with Gasteiger partial charge in [0, 0.05) is 18.0 Å². The Kier molecular flexibility index (Phi) is 2.08. The molecule has 0 spiro atoms. The number of carbonyl (C=O) groups excluding carboxylic acids is 1. The van der Waals surface area contributed by atoms with Gasteiger partial charge in [-0.3, -0.25) is 10.1 Å². The normalized spacial score (nSPS) is 20.3. The van der Waals surface area contributed by atoms with Crippen molar-refractivity contribution in [2.24, 2.45) is 0 Å². The molecule has 0 unspecified atom stereocenters. The summed E-state index contributed by atoms with van der Waals surface area (Å²) in [6.07, 6.45) is 0. The number of hydrogen-bond acceptors (Lipinski definition) is 4. The summed E-state index contributed by atoms with van der Waals surface area (Å²) in [5.41, 5.74) is 0.778. The fourth-order valence-corrected chi connectivity index (χ4v) is 2.05. The van der Waals surface area contributed by atoms with Crippen molar-refractivity contribution in [1.82, 2.24) is 10.6 Å². The molecule has 1 atom stereocenters. The molecular weight excluding hydrogens is 206 g/mol. The van der Waals surface area contributed by atoms with Gasteiger partial charge in [-0.05, 0) is 5.56 Å². The lowest BCUT2D eigenvalue weighted by Crippen LogP contribution is -2.21. The van der Waals surface area contributed by atoms with Gasteiger partial charge in [-0.2, -0.15) is 0 Å². The maximum atomic E-state index is 10.8. The quantitative estimate of drug-likeness (QED) is 0.568. The number of hydrogen-bond donors (Lipinski definition) is 2. The smallest absolute Gasteiger partial charge is 0.324 e. The average molecular weight is 213 g/mol. The Labute approximate surface area is 83.1 Å². The third-order valence-corrected chi connectivity index (χ3v) is 2.86. The van der Waals surface area contributed by atoms with Crippen LogP contribution in [0.2, 0.25) is 0 Å². The number of urea groups is 1. The van der Waals surface area contributed by atoms with Crippen molar-refractivity contribution < 1.29 is 9.72 Å². The highest BCUT2D eigenvalue weighted by molar-refractivity contribution is 7.13. The second kappa shape index (κ2) is 3.26. The minimum Gasteiger partial charge on any atom is -0.336 e. The average Bonchev–Trinajstić information content (AvgIpc) is 2.70. The van der Waals surface area contributed by atoms with E-state index in [1.807, 2.05) is 0 Å². The van der Waals surface area contributed by atoms with Gasteiger partial charge in [0.25, 0.3) is 0 Å². The van der Waals surface area contributed by atoms with Crippen LogP contribution in [0.3, 0.4) is 0 Å². The van der Waals surface area contributed by atoms with Gasteiger partial charge < -0.3 is 10.6 Å². The molecule has 7 heteroatoms. The zero-order valence-corrected chi connectivity index (χ0v) is 7.84. The first kappa shape index (κ1) is 8.95. The van der Waals surface area contributed by atoms with Crippen LogP contribution in [0.25, 0.3) is 0 Å². The third-order valence-electron chi connectivity index (χ3n) is 1.96. The zero-order valence-electron chi connectivity index (χ0n) is 7.02. The summed E-state index contributed by atoms with van der Waals surface area (Å²) < 4.78 is 0. The van der Waals surface area contributed by atoms with Gasteiger partial charge in [0.2, 0.25) is 0 Å². The molecule has 2 amide bonds. The Morgan fingerprint density at radius 2 is 2.43 bits per heavy atom. The fourth-order valence-electron chi connectivity index (χ4n) is 1.27. The fraction of sp³-hybridized carbons (Fsp3) is 0.286. The lowest BCUT2D eigenvalue weighted by molar-refractivity contribution is -0.380. The summed E-state index contributed by atoms with van der Waals surface area (Å²) >= 11 is 1.07. The number of nitrogens with one attached hydrogen (secondary N) is 2. The van der Waals surface area contributed by atoms with Crippen molar-refractivity contribution in [2.75, 3.05) is 6.54 Å². The molecule has 2 heterocycles. The highest BCUT2D eigenvalue weighted by Gasteiger charge is 2.24. The molecule has 0 saturated carbocycles. The van der Waals surface area contributed by atoms with E-state index in [-0.39, 0.29) is 17.1 Å². The highest BCUT2D eigenvalue weighted by Crippen LogP contribution is 2.27. The second-order valence-corrected chi connectivity index (χ2v) is 3.77. The Morgan fingerprint density at radius 3 is 2.93 bits per heavy atom. The first-order valence-electron chi connectivity index (χ1n) is 3.94. The summed E-state index contributed by atoms with van der Waals surface area (Å²) in [6, 6.07) is 1.11. The summed E-state index contributed by atoms with van der Waals surface area (Å²) in [7, 11) is 0. The largest absolute Gasteiger partial charge is 0.336 e. The van der Waals surface area contributed by atoms with Gasteiger partial charge in [-0.25, -0.2) is 4.79 Å². The van der Waals surface area contributed by atoms with Crippen molar-refractivity contribution in [3.63, 3.8) is 0 Å². The van der Waals surface area contributed by atoms with Gasteiger partial charge >= 0.3 is 11.0 Å². The topological polar surface area (TPSA) is 84.3 Å². The lowest BCUT2D eigenvalue weighted by Gasteiger charge is -2.03. The first-order chi connectivity index (χ1) is 6.66. The molecule has 6 nitrogen and oxygen atoms in total. The van der Waals surface area contributed by atoms with Crippen LogP contribution in [0.5, 0.6) is 0 Å². The Bertz CT molecular complexity index is 389. The van der Waals surface area contributed by atoms with Gasteiger partial charge in [0.05, 0.1) is 11.0 Å². The Balaban J connectivity index is 2.17. The summed E-state index contributed by atoms with van der Waals surface area (Å²) in [5, 5.41) is 17.4. The van der Waals surface area contributed by atoms with E-state index in [9.17, 15) is 14.9 Å². The Morgan fingerprint density at radius 1 is 1.64 bits per heavy atom. The number of nitro groups is 1. The van der Waals surface area contributed by atoms with Crippen molar-refractivity contribution in [3.8, 4) is 0 Å². The van der Waals surface area contributed by atoms with Crippen LogP contribution in [0, 0.1) is 10.1 Å². The minimum atomic E-state index is -0.432. The first-order valence-corrected chi connectivity index (χ1v) is 4.82. The molecule has 1 aromatic heterocycles. The molecule has 0 bridgehead atoms. The van der Waals surface area contributed by atoms with Gasteiger partial charge in [0.15, 0.2) is 0 Å².